The summed E-state index contributed by atoms with van der Waals surface area (Å²) in [5.41, 5.74) is 1.57. The second-order valence-corrected chi connectivity index (χ2v) is 3.88. The van der Waals surface area contributed by atoms with Crippen molar-refractivity contribution in [1.29, 1.82) is 0 Å². The van der Waals surface area contributed by atoms with Crippen LogP contribution in [0.3, 0.4) is 0 Å². The van der Waals surface area contributed by atoms with Crippen LogP contribution in [0.2, 0.25) is 0 Å². The highest BCUT2D eigenvalue weighted by atomic mass is 16.5. The maximum atomic E-state index is 11.0. The second kappa shape index (κ2) is 5.01. The Balaban J connectivity index is 2.32. The molecule has 2 N–H and O–H groups in total. The van der Waals surface area contributed by atoms with Gasteiger partial charge in [-0.05, 0) is 13.0 Å². The number of aryl methyl sites for hydroxylation is 1. The molecule has 1 atom stereocenters. The van der Waals surface area contributed by atoms with Crippen molar-refractivity contribution in [3.63, 3.8) is 0 Å². The molecule has 96 valence electrons. The van der Waals surface area contributed by atoms with E-state index in [1.165, 1.54) is 7.11 Å². The van der Waals surface area contributed by atoms with Gasteiger partial charge in [0.2, 0.25) is 0 Å². The first kappa shape index (κ1) is 12.3. The molecule has 0 radical (unpaired) electrons. The Morgan fingerprint density at radius 2 is 2.44 bits per heavy atom. The fourth-order valence-electron chi connectivity index (χ4n) is 1.66. The quantitative estimate of drug-likeness (QED) is 0.805. The number of carboxylic acids is 1. The van der Waals surface area contributed by atoms with E-state index in [1.54, 1.807) is 16.9 Å². The molecule has 0 aromatic carbocycles. The molecule has 0 aliphatic carbocycles. The Morgan fingerprint density at radius 1 is 1.67 bits per heavy atom. The molecule has 2 aromatic heterocycles. The summed E-state index contributed by atoms with van der Waals surface area (Å²) in [7, 11) is 1.45. The number of ether oxygens (including phenoxy) is 1. The van der Waals surface area contributed by atoms with Gasteiger partial charge in [0.25, 0.3) is 0 Å². The third-order valence-corrected chi connectivity index (χ3v) is 2.45. The number of hydrogen-bond acceptors (Lipinski definition) is 5. The molecule has 7 heteroatoms. The van der Waals surface area contributed by atoms with Gasteiger partial charge in [0, 0.05) is 19.5 Å². The summed E-state index contributed by atoms with van der Waals surface area (Å²) in [6.45, 7) is 1.92. The third-order valence-electron chi connectivity index (χ3n) is 2.45. The van der Waals surface area contributed by atoms with Gasteiger partial charge in [-0.2, -0.15) is 5.10 Å². The number of rotatable bonds is 5. The number of nitrogens with zero attached hydrogens (tertiary/aromatic N) is 3. The van der Waals surface area contributed by atoms with Crippen LogP contribution in [0.1, 0.15) is 5.69 Å². The molecule has 7 nitrogen and oxygen atoms in total. The first-order valence-electron chi connectivity index (χ1n) is 5.41. The van der Waals surface area contributed by atoms with Crippen molar-refractivity contribution in [3.8, 4) is 0 Å². The summed E-state index contributed by atoms with van der Waals surface area (Å²) in [5, 5.41) is 16.1. The van der Waals surface area contributed by atoms with Gasteiger partial charge in [-0.3, -0.25) is 0 Å². The highest BCUT2D eigenvalue weighted by Gasteiger charge is 2.18. The van der Waals surface area contributed by atoms with Gasteiger partial charge in [-0.15, -0.1) is 0 Å². The number of anilines is 1. The van der Waals surface area contributed by atoms with Crippen molar-refractivity contribution in [1.82, 2.24) is 14.6 Å². The SMILES string of the molecule is COCC(Nc1nccn2nc(C)cc12)C(=O)O. The van der Waals surface area contributed by atoms with Gasteiger partial charge in [0.05, 0.1) is 12.3 Å². The predicted octanol–water partition coefficient (Wildman–Crippen LogP) is 0.549. The van der Waals surface area contributed by atoms with Crippen LogP contribution in [0.5, 0.6) is 0 Å². The van der Waals surface area contributed by atoms with Gasteiger partial charge in [0.15, 0.2) is 5.82 Å². The largest absolute Gasteiger partial charge is 0.480 e. The minimum Gasteiger partial charge on any atom is -0.480 e. The maximum absolute atomic E-state index is 11.0. The van der Waals surface area contributed by atoms with Crippen LogP contribution in [-0.2, 0) is 9.53 Å². The lowest BCUT2D eigenvalue weighted by Gasteiger charge is -2.14. The van der Waals surface area contributed by atoms with Crippen LogP contribution in [0.15, 0.2) is 18.5 Å². The number of methoxy groups -OCH3 is 1. The van der Waals surface area contributed by atoms with Crippen molar-refractivity contribution in [2.45, 2.75) is 13.0 Å². The molecule has 0 spiro atoms. The van der Waals surface area contributed by atoms with Crippen LogP contribution in [0, 0.1) is 6.92 Å². The molecule has 2 rings (SSSR count). The Labute approximate surface area is 103 Å². The molecular formula is C11H14N4O3. The lowest BCUT2D eigenvalue weighted by Crippen LogP contribution is -2.34. The molecule has 1 unspecified atom stereocenters. The number of hydrogen-bond donors (Lipinski definition) is 2. The van der Waals surface area contributed by atoms with E-state index in [-0.39, 0.29) is 6.61 Å². The molecular weight excluding hydrogens is 236 g/mol. The highest BCUT2D eigenvalue weighted by molar-refractivity contribution is 5.80. The average Bonchev–Trinajstić information content (AvgIpc) is 2.69. The second-order valence-electron chi connectivity index (χ2n) is 3.88. The van der Waals surface area contributed by atoms with E-state index in [4.69, 9.17) is 9.84 Å². The standard InChI is InChI=1S/C11H14N4O3/c1-7-5-9-10(12-3-4-15(9)14-7)13-8(6-18-2)11(16)17/h3-5,8H,6H2,1-2H3,(H,12,13)(H,16,17). The monoisotopic (exact) mass is 250 g/mol. The Morgan fingerprint density at radius 3 is 3.11 bits per heavy atom. The molecule has 2 aromatic rings. The van der Waals surface area contributed by atoms with Gasteiger partial charge < -0.3 is 15.2 Å². The molecule has 0 saturated carbocycles. The van der Waals surface area contributed by atoms with E-state index in [0.29, 0.717) is 5.82 Å². The lowest BCUT2D eigenvalue weighted by molar-refractivity contribution is -0.139. The lowest BCUT2D eigenvalue weighted by atomic mass is 10.3. The van der Waals surface area contributed by atoms with E-state index >= 15 is 0 Å². The van der Waals surface area contributed by atoms with Crippen molar-refractivity contribution < 1.29 is 14.6 Å². The maximum Gasteiger partial charge on any atom is 0.328 e. The zero-order chi connectivity index (χ0) is 13.1. The predicted molar refractivity (Wildman–Crippen MR) is 64.6 cm³/mol. The van der Waals surface area contributed by atoms with Crippen LogP contribution >= 0.6 is 0 Å². The fraction of sp³-hybridized carbons (Fsp3) is 0.364. The smallest absolute Gasteiger partial charge is 0.328 e. The van der Waals surface area contributed by atoms with Crippen molar-refractivity contribution in [3.05, 3.63) is 24.2 Å². The van der Waals surface area contributed by atoms with Crippen LogP contribution in [-0.4, -0.2) is 45.4 Å². The first-order chi connectivity index (χ1) is 8.61. The van der Waals surface area contributed by atoms with Gasteiger partial charge in [0.1, 0.15) is 11.6 Å². The summed E-state index contributed by atoms with van der Waals surface area (Å²) >= 11 is 0. The van der Waals surface area contributed by atoms with E-state index < -0.39 is 12.0 Å². The van der Waals surface area contributed by atoms with Gasteiger partial charge >= 0.3 is 5.97 Å². The molecule has 0 saturated heterocycles. The molecule has 0 bridgehead atoms. The van der Waals surface area contributed by atoms with Crippen LogP contribution in [0.25, 0.3) is 5.52 Å². The summed E-state index contributed by atoms with van der Waals surface area (Å²) < 4.78 is 6.51. The Kier molecular flexibility index (Phi) is 3.42. The minimum absolute atomic E-state index is 0.0607. The number of carbonyl (C=O) groups is 1. The average molecular weight is 250 g/mol. The van der Waals surface area contributed by atoms with Crippen molar-refractivity contribution >= 4 is 17.3 Å². The molecule has 2 heterocycles. The molecule has 18 heavy (non-hydrogen) atoms. The summed E-state index contributed by atoms with van der Waals surface area (Å²) in [6, 6.07) is 0.991. The number of carboxylic acid groups (broad SMARTS) is 1. The summed E-state index contributed by atoms with van der Waals surface area (Å²) in [5.74, 6) is -0.514. The fourth-order valence-corrected chi connectivity index (χ4v) is 1.66. The van der Waals surface area contributed by atoms with Gasteiger partial charge in [-0.1, -0.05) is 0 Å². The summed E-state index contributed by atoms with van der Waals surface area (Å²) in [6.07, 6.45) is 3.27. The van der Waals surface area contributed by atoms with E-state index in [2.05, 4.69) is 15.4 Å². The summed E-state index contributed by atoms with van der Waals surface area (Å²) in [4.78, 5) is 15.2. The van der Waals surface area contributed by atoms with E-state index in [9.17, 15) is 4.79 Å². The molecule has 0 amide bonds. The zero-order valence-corrected chi connectivity index (χ0v) is 10.1. The molecule has 0 aliphatic rings. The number of nitrogens with one attached hydrogen (secondary N) is 1. The molecule has 0 fully saturated rings. The van der Waals surface area contributed by atoms with Crippen molar-refractivity contribution in [2.75, 3.05) is 19.0 Å². The van der Waals surface area contributed by atoms with Crippen LogP contribution in [0.4, 0.5) is 5.82 Å². The number of aliphatic carboxylic acids is 1. The van der Waals surface area contributed by atoms with Crippen LogP contribution < -0.4 is 5.32 Å². The topological polar surface area (TPSA) is 88.8 Å². The van der Waals surface area contributed by atoms with Crippen molar-refractivity contribution in [2.24, 2.45) is 0 Å². The molecule has 0 aliphatic heterocycles. The Hall–Kier alpha value is -2.15. The van der Waals surface area contributed by atoms with E-state index in [0.717, 1.165) is 11.2 Å². The highest BCUT2D eigenvalue weighted by Crippen LogP contribution is 2.15. The number of aromatic nitrogens is 3. The third kappa shape index (κ3) is 2.40. The Bertz CT molecular complexity index is 566. The van der Waals surface area contributed by atoms with E-state index in [1.807, 2.05) is 13.0 Å². The minimum atomic E-state index is -0.989. The zero-order valence-electron chi connectivity index (χ0n) is 10.1. The first-order valence-corrected chi connectivity index (χ1v) is 5.41. The number of fused-ring (bicyclic) bond motifs is 1. The normalized spacial score (nSPS) is 12.6. The van der Waals surface area contributed by atoms with Gasteiger partial charge in [-0.25, -0.2) is 14.3 Å².